The Kier molecular flexibility index (Phi) is 9.47. The number of nitrogens with zero attached hydrogens (tertiary/aromatic N) is 1. The van der Waals surface area contributed by atoms with Gasteiger partial charge in [0.1, 0.15) is 0 Å². The van der Waals surface area contributed by atoms with Gasteiger partial charge in [0.15, 0.2) is 5.11 Å². The fourth-order valence-corrected chi connectivity index (χ4v) is 2.63. The van der Waals surface area contributed by atoms with Crippen molar-refractivity contribution in [3.8, 4) is 0 Å². The molecule has 0 saturated carbocycles. The second-order valence-corrected chi connectivity index (χ2v) is 6.05. The van der Waals surface area contributed by atoms with E-state index in [-0.39, 0.29) is 11.0 Å². The van der Waals surface area contributed by atoms with Crippen molar-refractivity contribution in [3.63, 3.8) is 0 Å². The maximum Gasteiger partial charge on any atom is 0.260 e. The molecule has 0 unspecified atom stereocenters. The van der Waals surface area contributed by atoms with E-state index in [1.54, 1.807) is 12.1 Å². The molecule has 2 N–H and O–H groups in total. The number of hydrogen-bond donors (Lipinski definition) is 1. The fraction of sp³-hybridized carbons (Fsp3) is 0.556. The summed E-state index contributed by atoms with van der Waals surface area (Å²) in [4.78, 5) is 13.9. The maximum absolute atomic E-state index is 12.4. The molecule has 1 aromatic carbocycles. The standard InChI is InChI=1S/C18H28N2OS/c1-2-3-4-5-6-7-8-12-15-20(18(19)22)17(21)16-13-10-9-11-14-16/h9-11,13-14H,2-8,12,15H2,1H3,(H2,19,22). The summed E-state index contributed by atoms with van der Waals surface area (Å²) in [6.45, 7) is 2.84. The third-order valence-corrected chi connectivity index (χ3v) is 3.99. The van der Waals surface area contributed by atoms with Crippen molar-refractivity contribution in [1.29, 1.82) is 0 Å². The molecule has 3 nitrogen and oxygen atoms in total. The predicted octanol–water partition coefficient (Wildman–Crippen LogP) is 4.51. The summed E-state index contributed by atoms with van der Waals surface area (Å²) in [5, 5.41) is 0.164. The second-order valence-electron chi connectivity index (χ2n) is 5.64. The highest BCUT2D eigenvalue weighted by atomic mass is 32.1. The monoisotopic (exact) mass is 320 g/mol. The molecular weight excluding hydrogens is 292 g/mol. The second kappa shape index (κ2) is 11.2. The first kappa shape index (κ1) is 18.6. The highest BCUT2D eigenvalue weighted by molar-refractivity contribution is 7.80. The van der Waals surface area contributed by atoms with Gasteiger partial charge < -0.3 is 5.73 Å². The van der Waals surface area contributed by atoms with E-state index < -0.39 is 0 Å². The molecule has 0 aliphatic rings. The topological polar surface area (TPSA) is 46.3 Å². The Bertz CT molecular complexity index is 448. The highest BCUT2D eigenvalue weighted by Crippen LogP contribution is 2.10. The van der Waals surface area contributed by atoms with Gasteiger partial charge in [-0.3, -0.25) is 9.69 Å². The number of unbranched alkanes of at least 4 members (excludes halogenated alkanes) is 7. The van der Waals surface area contributed by atoms with Crippen molar-refractivity contribution in [2.75, 3.05) is 6.54 Å². The van der Waals surface area contributed by atoms with Gasteiger partial charge in [0.25, 0.3) is 5.91 Å². The summed E-state index contributed by atoms with van der Waals surface area (Å²) in [7, 11) is 0. The number of amides is 1. The molecule has 0 aliphatic carbocycles. The number of rotatable bonds is 10. The molecule has 0 spiro atoms. The molecule has 22 heavy (non-hydrogen) atoms. The van der Waals surface area contributed by atoms with Crippen LogP contribution in [-0.4, -0.2) is 22.5 Å². The van der Waals surface area contributed by atoms with Gasteiger partial charge in [-0.2, -0.15) is 0 Å². The average Bonchev–Trinajstić information content (AvgIpc) is 2.53. The number of hydrogen-bond acceptors (Lipinski definition) is 2. The van der Waals surface area contributed by atoms with Crippen LogP contribution in [0.3, 0.4) is 0 Å². The van der Waals surface area contributed by atoms with Crippen LogP contribution >= 0.6 is 12.2 Å². The molecule has 122 valence electrons. The number of nitrogens with two attached hydrogens (primary N) is 1. The Morgan fingerprint density at radius 2 is 1.55 bits per heavy atom. The molecular formula is C18H28N2OS. The summed E-state index contributed by atoms with van der Waals surface area (Å²) in [6, 6.07) is 9.17. The van der Waals surface area contributed by atoms with Gasteiger partial charge >= 0.3 is 0 Å². The zero-order valence-corrected chi connectivity index (χ0v) is 14.4. The lowest BCUT2D eigenvalue weighted by Crippen LogP contribution is -2.41. The van der Waals surface area contributed by atoms with Gasteiger partial charge in [-0.1, -0.05) is 70.1 Å². The summed E-state index contributed by atoms with van der Waals surface area (Å²) in [6.07, 6.45) is 9.83. The van der Waals surface area contributed by atoms with E-state index in [9.17, 15) is 4.79 Å². The van der Waals surface area contributed by atoms with Crippen molar-refractivity contribution < 1.29 is 4.79 Å². The minimum Gasteiger partial charge on any atom is -0.376 e. The maximum atomic E-state index is 12.4. The number of carbonyl (C=O) groups excluding carboxylic acids is 1. The average molecular weight is 321 g/mol. The third kappa shape index (κ3) is 7.03. The normalized spacial score (nSPS) is 10.4. The Labute approximate surface area is 139 Å². The molecule has 1 amide bonds. The Morgan fingerprint density at radius 1 is 1.00 bits per heavy atom. The largest absolute Gasteiger partial charge is 0.376 e. The lowest BCUT2D eigenvalue weighted by Gasteiger charge is -2.20. The van der Waals surface area contributed by atoms with Crippen molar-refractivity contribution in [1.82, 2.24) is 4.90 Å². The predicted molar refractivity (Wildman–Crippen MR) is 96.9 cm³/mol. The van der Waals surface area contributed by atoms with Crippen molar-refractivity contribution in [2.24, 2.45) is 5.73 Å². The van der Waals surface area contributed by atoms with Crippen LogP contribution in [0.2, 0.25) is 0 Å². The summed E-state index contributed by atoms with van der Waals surface area (Å²) >= 11 is 5.02. The summed E-state index contributed by atoms with van der Waals surface area (Å²) in [5.74, 6) is -0.101. The van der Waals surface area contributed by atoms with Gasteiger partial charge in [0.05, 0.1) is 0 Å². The zero-order valence-electron chi connectivity index (χ0n) is 13.6. The minimum absolute atomic E-state index is 0.101. The van der Waals surface area contributed by atoms with Crippen LogP contribution in [-0.2, 0) is 0 Å². The molecule has 0 fully saturated rings. The Morgan fingerprint density at radius 3 is 2.09 bits per heavy atom. The van der Waals surface area contributed by atoms with Crippen LogP contribution in [0.5, 0.6) is 0 Å². The van der Waals surface area contributed by atoms with E-state index in [2.05, 4.69) is 6.92 Å². The Hall–Kier alpha value is -1.42. The van der Waals surface area contributed by atoms with E-state index in [0.29, 0.717) is 12.1 Å². The summed E-state index contributed by atoms with van der Waals surface area (Å²) < 4.78 is 0. The number of benzene rings is 1. The van der Waals surface area contributed by atoms with E-state index in [4.69, 9.17) is 18.0 Å². The van der Waals surface area contributed by atoms with E-state index in [0.717, 1.165) is 12.8 Å². The molecule has 4 heteroatoms. The molecule has 0 atom stereocenters. The van der Waals surface area contributed by atoms with Crippen LogP contribution in [0.1, 0.15) is 68.6 Å². The molecule has 0 aromatic heterocycles. The first-order valence-corrected chi connectivity index (χ1v) is 8.74. The van der Waals surface area contributed by atoms with Gasteiger partial charge in [0, 0.05) is 12.1 Å². The molecule has 1 aromatic rings. The first-order valence-electron chi connectivity index (χ1n) is 8.33. The van der Waals surface area contributed by atoms with Crippen molar-refractivity contribution in [3.05, 3.63) is 35.9 Å². The van der Waals surface area contributed by atoms with Gasteiger partial charge in [-0.15, -0.1) is 0 Å². The minimum atomic E-state index is -0.101. The van der Waals surface area contributed by atoms with Gasteiger partial charge in [0.2, 0.25) is 0 Å². The lowest BCUT2D eigenvalue weighted by molar-refractivity contribution is 0.0846. The fourth-order valence-electron chi connectivity index (χ4n) is 2.45. The van der Waals surface area contributed by atoms with E-state index in [1.165, 1.54) is 43.4 Å². The van der Waals surface area contributed by atoms with Crippen LogP contribution in [0.4, 0.5) is 0 Å². The molecule has 0 heterocycles. The molecule has 0 saturated heterocycles. The summed E-state index contributed by atoms with van der Waals surface area (Å²) in [5.41, 5.74) is 6.34. The van der Waals surface area contributed by atoms with Crippen LogP contribution in [0.15, 0.2) is 30.3 Å². The quantitative estimate of drug-likeness (QED) is 0.509. The highest BCUT2D eigenvalue weighted by Gasteiger charge is 2.17. The lowest BCUT2D eigenvalue weighted by atomic mass is 10.1. The zero-order chi connectivity index (χ0) is 16.2. The third-order valence-electron chi connectivity index (χ3n) is 3.77. The number of thiocarbonyl (C=S) groups is 1. The van der Waals surface area contributed by atoms with Crippen LogP contribution < -0.4 is 5.73 Å². The van der Waals surface area contributed by atoms with Crippen LogP contribution in [0, 0.1) is 0 Å². The van der Waals surface area contributed by atoms with Crippen molar-refractivity contribution >= 4 is 23.2 Å². The van der Waals surface area contributed by atoms with Crippen molar-refractivity contribution in [2.45, 2.75) is 58.3 Å². The molecule has 0 aliphatic heterocycles. The van der Waals surface area contributed by atoms with E-state index >= 15 is 0 Å². The van der Waals surface area contributed by atoms with E-state index in [1.807, 2.05) is 18.2 Å². The smallest absolute Gasteiger partial charge is 0.260 e. The SMILES string of the molecule is CCCCCCCCCCN(C(=O)c1ccccc1)C(N)=S. The molecule has 0 bridgehead atoms. The van der Waals surface area contributed by atoms with Crippen LogP contribution in [0.25, 0.3) is 0 Å². The molecule has 0 radical (unpaired) electrons. The molecule has 1 rings (SSSR count). The number of carbonyl (C=O) groups is 1. The van der Waals surface area contributed by atoms with Gasteiger partial charge in [-0.05, 0) is 30.8 Å². The van der Waals surface area contributed by atoms with Gasteiger partial charge in [-0.25, -0.2) is 0 Å². The first-order chi connectivity index (χ1) is 10.7. The Balaban J connectivity index is 2.30.